The molecule has 0 saturated heterocycles. The van der Waals surface area contributed by atoms with Crippen molar-refractivity contribution in [2.24, 2.45) is 0 Å². The van der Waals surface area contributed by atoms with Crippen LogP contribution in [0.1, 0.15) is 10.4 Å². The Bertz CT molecular complexity index is 462. The number of methoxy groups -OCH3 is 1. The van der Waals surface area contributed by atoms with Crippen LogP contribution in [0.5, 0.6) is 0 Å². The molecule has 1 aromatic carbocycles. The Labute approximate surface area is 86.5 Å². The summed E-state index contributed by atoms with van der Waals surface area (Å²) < 4.78 is 9.67. The molecule has 0 unspecified atom stereocenters. The summed E-state index contributed by atoms with van der Waals surface area (Å²) in [5, 5.41) is 3.60. The maximum atomic E-state index is 11.4. The summed E-state index contributed by atoms with van der Waals surface area (Å²) in [6, 6.07) is 8.76. The second kappa shape index (κ2) is 3.96. The van der Waals surface area contributed by atoms with Crippen LogP contribution >= 0.6 is 0 Å². The molecule has 1 aromatic heterocycles. The van der Waals surface area contributed by atoms with Gasteiger partial charge in [0.15, 0.2) is 5.76 Å². The summed E-state index contributed by atoms with van der Waals surface area (Å²) in [5.74, 6) is 0.165. The first-order chi connectivity index (χ1) is 7.33. The Morgan fingerprint density at radius 3 is 2.80 bits per heavy atom. The van der Waals surface area contributed by atoms with Gasteiger partial charge in [-0.05, 0) is 6.07 Å². The van der Waals surface area contributed by atoms with Crippen LogP contribution in [0.25, 0.3) is 11.3 Å². The van der Waals surface area contributed by atoms with E-state index in [2.05, 4.69) is 9.89 Å². The number of carbonyl (C=O) groups is 1. The minimum absolute atomic E-state index is 0.387. The van der Waals surface area contributed by atoms with Crippen molar-refractivity contribution >= 4 is 5.97 Å². The number of aromatic nitrogens is 1. The van der Waals surface area contributed by atoms with Crippen LogP contribution in [0.15, 0.2) is 41.1 Å². The molecule has 76 valence electrons. The van der Waals surface area contributed by atoms with Gasteiger partial charge in [-0.2, -0.15) is 0 Å². The van der Waals surface area contributed by atoms with Gasteiger partial charge < -0.3 is 9.26 Å². The number of ether oxygens (including phenoxy) is 1. The first kappa shape index (κ1) is 9.45. The normalized spacial score (nSPS) is 9.93. The fourth-order valence-corrected chi connectivity index (χ4v) is 1.34. The third-order valence-corrected chi connectivity index (χ3v) is 2.04. The molecule has 0 amide bonds. The van der Waals surface area contributed by atoms with Crippen LogP contribution in [-0.4, -0.2) is 18.2 Å². The van der Waals surface area contributed by atoms with Crippen molar-refractivity contribution < 1.29 is 14.1 Å². The van der Waals surface area contributed by atoms with E-state index in [-0.39, 0.29) is 5.97 Å². The van der Waals surface area contributed by atoms with Gasteiger partial charge in [-0.1, -0.05) is 23.4 Å². The lowest BCUT2D eigenvalue weighted by Gasteiger charge is -2.03. The number of hydrogen-bond acceptors (Lipinski definition) is 4. The van der Waals surface area contributed by atoms with E-state index in [0.29, 0.717) is 16.9 Å². The van der Waals surface area contributed by atoms with Gasteiger partial charge in [0.1, 0.15) is 0 Å². The van der Waals surface area contributed by atoms with E-state index in [9.17, 15) is 4.79 Å². The second-order valence-electron chi connectivity index (χ2n) is 2.91. The number of benzene rings is 1. The Morgan fingerprint density at radius 1 is 1.33 bits per heavy atom. The molecule has 0 saturated carbocycles. The molecule has 2 aromatic rings. The molecule has 4 heteroatoms. The van der Waals surface area contributed by atoms with E-state index in [0.717, 1.165) is 0 Å². The zero-order chi connectivity index (χ0) is 10.7. The summed E-state index contributed by atoms with van der Waals surface area (Å²) in [7, 11) is 1.35. The average Bonchev–Trinajstić information content (AvgIpc) is 2.81. The van der Waals surface area contributed by atoms with Crippen LogP contribution in [0, 0.1) is 0 Å². The van der Waals surface area contributed by atoms with Crippen molar-refractivity contribution in [3.63, 3.8) is 0 Å². The molecule has 0 radical (unpaired) electrons. The van der Waals surface area contributed by atoms with E-state index < -0.39 is 0 Å². The highest BCUT2D eigenvalue weighted by Gasteiger charge is 2.14. The standard InChI is InChI=1S/C11H9NO3/c1-14-11(13)9-5-3-2-4-8(9)10-6-7-12-15-10/h2-7H,1H3. The summed E-state index contributed by atoms with van der Waals surface area (Å²) in [4.78, 5) is 11.4. The number of rotatable bonds is 2. The number of nitrogens with zero attached hydrogens (tertiary/aromatic N) is 1. The predicted octanol–water partition coefficient (Wildman–Crippen LogP) is 2.13. The Kier molecular flexibility index (Phi) is 2.49. The van der Waals surface area contributed by atoms with Crippen molar-refractivity contribution in [2.45, 2.75) is 0 Å². The highest BCUT2D eigenvalue weighted by atomic mass is 16.5. The molecule has 0 aliphatic rings. The molecule has 1 heterocycles. The monoisotopic (exact) mass is 203 g/mol. The summed E-state index contributed by atoms with van der Waals surface area (Å²) in [5.41, 5.74) is 1.15. The first-order valence-corrected chi connectivity index (χ1v) is 4.41. The first-order valence-electron chi connectivity index (χ1n) is 4.41. The number of esters is 1. The zero-order valence-corrected chi connectivity index (χ0v) is 8.14. The molecule has 0 aliphatic carbocycles. The lowest BCUT2D eigenvalue weighted by molar-refractivity contribution is 0.0601. The molecule has 0 spiro atoms. The van der Waals surface area contributed by atoms with E-state index in [1.54, 1.807) is 24.3 Å². The second-order valence-corrected chi connectivity index (χ2v) is 2.91. The van der Waals surface area contributed by atoms with Crippen molar-refractivity contribution in [2.75, 3.05) is 7.11 Å². The van der Waals surface area contributed by atoms with E-state index in [1.165, 1.54) is 13.3 Å². The molecule has 0 aliphatic heterocycles. The predicted molar refractivity (Wildman–Crippen MR) is 53.3 cm³/mol. The molecule has 4 nitrogen and oxygen atoms in total. The van der Waals surface area contributed by atoms with Crippen molar-refractivity contribution in [1.82, 2.24) is 5.16 Å². The van der Waals surface area contributed by atoms with Crippen LogP contribution in [-0.2, 0) is 4.74 Å². The molecule has 0 N–H and O–H groups in total. The quantitative estimate of drug-likeness (QED) is 0.701. The highest BCUT2D eigenvalue weighted by molar-refractivity contribution is 5.96. The minimum Gasteiger partial charge on any atom is -0.465 e. The van der Waals surface area contributed by atoms with Gasteiger partial charge in [0, 0.05) is 11.6 Å². The van der Waals surface area contributed by atoms with Crippen LogP contribution in [0.4, 0.5) is 0 Å². The maximum absolute atomic E-state index is 11.4. The van der Waals surface area contributed by atoms with Gasteiger partial charge in [0.25, 0.3) is 0 Å². The largest absolute Gasteiger partial charge is 0.465 e. The Balaban J connectivity index is 2.52. The Morgan fingerprint density at radius 2 is 2.13 bits per heavy atom. The van der Waals surface area contributed by atoms with Gasteiger partial charge in [-0.15, -0.1) is 0 Å². The molecular formula is C11H9NO3. The molecule has 0 bridgehead atoms. The third-order valence-electron chi connectivity index (χ3n) is 2.04. The zero-order valence-electron chi connectivity index (χ0n) is 8.14. The Hall–Kier alpha value is -2.10. The molecule has 15 heavy (non-hydrogen) atoms. The SMILES string of the molecule is COC(=O)c1ccccc1-c1ccno1. The molecular weight excluding hydrogens is 194 g/mol. The van der Waals surface area contributed by atoms with Gasteiger partial charge in [-0.25, -0.2) is 4.79 Å². The fraction of sp³-hybridized carbons (Fsp3) is 0.0909. The van der Waals surface area contributed by atoms with Crippen molar-refractivity contribution in [1.29, 1.82) is 0 Å². The highest BCUT2D eigenvalue weighted by Crippen LogP contribution is 2.23. The van der Waals surface area contributed by atoms with Crippen LogP contribution < -0.4 is 0 Å². The van der Waals surface area contributed by atoms with E-state index in [4.69, 9.17) is 4.52 Å². The fourth-order valence-electron chi connectivity index (χ4n) is 1.34. The van der Waals surface area contributed by atoms with Gasteiger partial charge in [0.2, 0.25) is 0 Å². The minimum atomic E-state index is -0.387. The summed E-state index contributed by atoms with van der Waals surface area (Å²) >= 11 is 0. The molecule has 0 atom stereocenters. The van der Waals surface area contributed by atoms with E-state index >= 15 is 0 Å². The summed E-state index contributed by atoms with van der Waals surface area (Å²) in [6.45, 7) is 0. The van der Waals surface area contributed by atoms with Gasteiger partial charge in [-0.3, -0.25) is 0 Å². The number of hydrogen-bond donors (Lipinski definition) is 0. The maximum Gasteiger partial charge on any atom is 0.338 e. The van der Waals surface area contributed by atoms with Crippen molar-refractivity contribution in [3.8, 4) is 11.3 Å². The topological polar surface area (TPSA) is 52.3 Å². The van der Waals surface area contributed by atoms with Crippen LogP contribution in [0.2, 0.25) is 0 Å². The smallest absolute Gasteiger partial charge is 0.338 e. The van der Waals surface area contributed by atoms with Gasteiger partial charge in [0.05, 0.1) is 18.9 Å². The van der Waals surface area contributed by atoms with E-state index in [1.807, 2.05) is 6.07 Å². The van der Waals surface area contributed by atoms with Gasteiger partial charge >= 0.3 is 5.97 Å². The lowest BCUT2D eigenvalue weighted by Crippen LogP contribution is -2.02. The lowest BCUT2D eigenvalue weighted by atomic mass is 10.1. The van der Waals surface area contributed by atoms with Crippen LogP contribution in [0.3, 0.4) is 0 Å². The third kappa shape index (κ3) is 1.74. The summed E-state index contributed by atoms with van der Waals surface area (Å²) in [6.07, 6.45) is 1.53. The molecule has 0 fully saturated rings. The average molecular weight is 203 g/mol. The molecule has 2 rings (SSSR count). The number of carbonyl (C=O) groups excluding carboxylic acids is 1. The van der Waals surface area contributed by atoms with Crippen molar-refractivity contribution in [3.05, 3.63) is 42.1 Å².